The van der Waals surface area contributed by atoms with Crippen LogP contribution in [0.2, 0.25) is 0 Å². The molecule has 1 rings (SSSR count). The predicted molar refractivity (Wildman–Crippen MR) is 77.2 cm³/mol. The summed E-state index contributed by atoms with van der Waals surface area (Å²) in [6, 6.07) is 6.39. The van der Waals surface area contributed by atoms with Crippen molar-refractivity contribution in [1.82, 2.24) is 10.0 Å². The molecule has 0 saturated heterocycles. The molecule has 0 amide bonds. The smallest absolute Gasteiger partial charge is 0.240 e. The van der Waals surface area contributed by atoms with Crippen LogP contribution in [0.1, 0.15) is 13.3 Å². The standard InChI is InChI=1S/C11H17N3O2S2/c1-3-8-13-11(17)14-9-4-6-10(7-5-9)18(15,16)12-2/h4-7,12H,3,8H2,1-2H3,(H2,13,14,17). The molecular weight excluding hydrogens is 270 g/mol. The molecule has 0 heterocycles. The van der Waals surface area contributed by atoms with Crippen LogP contribution < -0.4 is 15.4 Å². The first-order valence-corrected chi connectivity index (χ1v) is 7.47. The van der Waals surface area contributed by atoms with Gasteiger partial charge >= 0.3 is 0 Å². The topological polar surface area (TPSA) is 70.2 Å². The average molecular weight is 287 g/mol. The molecule has 0 saturated carbocycles. The van der Waals surface area contributed by atoms with Crippen LogP contribution >= 0.6 is 12.2 Å². The van der Waals surface area contributed by atoms with E-state index in [-0.39, 0.29) is 4.90 Å². The van der Waals surface area contributed by atoms with Crippen molar-refractivity contribution < 1.29 is 8.42 Å². The third kappa shape index (κ3) is 4.25. The number of hydrogen-bond donors (Lipinski definition) is 3. The van der Waals surface area contributed by atoms with Crippen molar-refractivity contribution >= 4 is 33.0 Å². The Kier molecular flexibility index (Phi) is 5.52. The summed E-state index contributed by atoms with van der Waals surface area (Å²) in [5.74, 6) is 0. The molecule has 0 aliphatic rings. The Bertz CT molecular complexity index is 498. The highest BCUT2D eigenvalue weighted by Crippen LogP contribution is 2.13. The van der Waals surface area contributed by atoms with E-state index in [1.165, 1.54) is 19.2 Å². The Hall–Kier alpha value is -1.18. The number of rotatable bonds is 5. The molecule has 0 radical (unpaired) electrons. The lowest BCUT2D eigenvalue weighted by Crippen LogP contribution is -2.28. The fourth-order valence-corrected chi connectivity index (χ4v) is 2.20. The highest BCUT2D eigenvalue weighted by atomic mass is 32.2. The van der Waals surface area contributed by atoms with Gasteiger partial charge in [-0.25, -0.2) is 13.1 Å². The maximum absolute atomic E-state index is 11.5. The zero-order chi connectivity index (χ0) is 13.6. The van der Waals surface area contributed by atoms with Gasteiger partial charge in [0.1, 0.15) is 0 Å². The Morgan fingerprint density at radius 1 is 1.28 bits per heavy atom. The van der Waals surface area contributed by atoms with Crippen LogP contribution in [0.3, 0.4) is 0 Å². The highest BCUT2D eigenvalue weighted by Gasteiger charge is 2.10. The summed E-state index contributed by atoms with van der Waals surface area (Å²) in [6.07, 6.45) is 0.987. The second kappa shape index (κ2) is 6.67. The van der Waals surface area contributed by atoms with Gasteiger partial charge in [0, 0.05) is 12.2 Å². The molecule has 18 heavy (non-hydrogen) atoms. The zero-order valence-corrected chi connectivity index (χ0v) is 12.0. The SMILES string of the molecule is CCCNC(=S)Nc1ccc(S(=O)(=O)NC)cc1. The van der Waals surface area contributed by atoms with Crippen molar-refractivity contribution in [3.63, 3.8) is 0 Å². The molecule has 0 atom stereocenters. The fourth-order valence-electron chi connectivity index (χ4n) is 1.25. The van der Waals surface area contributed by atoms with Gasteiger partial charge in [-0.1, -0.05) is 6.92 Å². The number of sulfonamides is 1. The number of hydrogen-bond acceptors (Lipinski definition) is 3. The largest absolute Gasteiger partial charge is 0.362 e. The summed E-state index contributed by atoms with van der Waals surface area (Å²) in [4.78, 5) is 0.225. The van der Waals surface area contributed by atoms with Crippen molar-refractivity contribution in [2.45, 2.75) is 18.2 Å². The molecule has 1 aromatic carbocycles. The van der Waals surface area contributed by atoms with E-state index in [0.29, 0.717) is 5.11 Å². The van der Waals surface area contributed by atoms with Crippen molar-refractivity contribution in [3.05, 3.63) is 24.3 Å². The van der Waals surface area contributed by atoms with Crippen molar-refractivity contribution in [2.75, 3.05) is 18.9 Å². The molecule has 0 aromatic heterocycles. The Labute approximate surface area is 113 Å². The van der Waals surface area contributed by atoms with Gasteiger partial charge in [0.05, 0.1) is 4.90 Å². The molecule has 7 heteroatoms. The van der Waals surface area contributed by atoms with Crippen LogP contribution in [0.4, 0.5) is 5.69 Å². The highest BCUT2D eigenvalue weighted by molar-refractivity contribution is 7.89. The zero-order valence-electron chi connectivity index (χ0n) is 10.4. The predicted octanol–water partition coefficient (Wildman–Crippen LogP) is 1.29. The summed E-state index contributed by atoms with van der Waals surface area (Å²) < 4.78 is 25.3. The van der Waals surface area contributed by atoms with E-state index in [1.54, 1.807) is 12.1 Å². The minimum atomic E-state index is -3.38. The molecule has 0 aliphatic carbocycles. The van der Waals surface area contributed by atoms with Gasteiger partial charge in [-0.05, 0) is 50.0 Å². The van der Waals surface area contributed by atoms with Gasteiger partial charge in [0.25, 0.3) is 0 Å². The Balaban J connectivity index is 2.69. The molecule has 0 unspecified atom stereocenters. The van der Waals surface area contributed by atoms with Crippen LogP contribution in [-0.2, 0) is 10.0 Å². The molecule has 0 spiro atoms. The lowest BCUT2D eigenvalue weighted by molar-refractivity contribution is 0.588. The molecular formula is C11H17N3O2S2. The van der Waals surface area contributed by atoms with Gasteiger partial charge < -0.3 is 10.6 Å². The lowest BCUT2D eigenvalue weighted by Gasteiger charge is -2.10. The molecule has 0 bridgehead atoms. The quantitative estimate of drug-likeness (QED) is 0.712. The second-order valence-electron chi connectivity index (χ2n) is 3.61. The van der Waals surface area contributed by atoms with Gasteiger partial charge in [-0.15, -0.1) is 0 Å². The van der Waals surface area contributed by atoms with E-state index < -0.39 is 10.0 Å². The van der Waals surface area contributed by atoms with Crippen molar-refractivity contribution in [3.8, 4) is 0 Å². The van der Waals surface area contributed by atoms with Crippen molar-refractivity contribution in [2.24, 2.45) is 0 Å². The van der Waals surface area contributed by atoms with E-state index in [2.05, 4.69) is 15.4 Å². The van der Waals surface area contributed by atoms with E-state index >= 15 is 0 Å². The first kappa shape index (κ1) is 14.9. The van der Waals surface area contributed by atoms with Gasteiger partial charge in [-0.2, -0.15) is 0 Å². The fraction of sp³-hybridized carbons (Fsp3) is 0.364. The first-order chi connectivity index (χ1) is 8.49. The Morgan fingerprint density at radius 3 is 2.39 bits per heavy atom. The van der Waals surface area contributed by atoms with E-state index in [1.807, 2.05) is 6.92 Å². The van der Waals surface area contributed by atoms with E-state index in [4.69, 9.17) is 12.2 Å². The first-order valence-electron chi connectivity index (χ1n) is 5.58. The number of benzene rings is 1. The van der Waals surface area contributed by atoms with Crippen LogP contribution in [0, 0.1) is 0 Å². The van der Waals surface area contributed by atoms with Gasteiger partial charge in [-0.3, -0.25) is 0 Å². The summed E-state index contributed by atoms with van der Waals surface area (Å²) in [7, 11) is -2.00. The van der Waals surface area contributed by atoms with E-state index in [0.717, 1.165) is 18.7 Å². The van der Waals surface area contributed by atoms with Crippen LogP contribution in [0.25, 0.3) is 0 Å². The number of anilines is 1. The van der Waals surface area contributed by atoms with Crippen LogP contribution in [0.5, 0.6) is 0 Å². The number of thiocarbonyl (C=S) groups is 1. The van der Waals surface area contributed by atoms with Gasteiger partial charge in [0.2, 0.25) is 10.0 Å². The maximum Gasteiger partial charge on any atom is 0.240 e. The summed E-state index contributed by atoms with van der Waals surface area (Å²) in [5.41, 5.74) is 0.749. The normalized spacial score (nSPS) is 11.0. The molecule has 0 fully saturated rings. The summed E-state index contributed by atoms with van der Waals surface area (Å²) in [6.45, 7) is 2.85. The average Bonchev–Trinajstić information content (AvgIpc) is 2.37. The molecule has 3 N–H and O–H groups in total. The second-order valence-corrected chi connectivity index (χ2v) is 5.91. The van der Waals surface area contributed by atoms with Gasteiger partial charge in [0.15, 0.2) is 5.11 Å². The molecule has 1 aromatic rings. The van der Waals surface area contributed by atoms with E-state index in [9.17, 15) is 8.42 Å². The molecule has 0 aliphatic heterocycles. The monoisotopic (exact) mass is 287 g/mol. The summed E-state index contributed by atoms with van der Waals surface area (Å²) in [5, 5.41) is 6.53. The summed E-state index contributed by atoms with van der Waals surface area (Å²) >= 11 is 5.08. The lowest BCUT2D eigenvalue weighted by atomic mass is 10.3. The van der Waals surface area contributed by atoms with Crippen molar-refractivity contribution in [1.29, 1.82) is 0 Å². The number of nitrogens with one attached hydrogen (secondary N) is 3. The maximum atomic E-state index is 11.5. The minimum Gasteiger partial charge on any atom is -0.362 e. The van der Waals surface area contributed by atoms with Crippen LogP contribution in [-0.4, -0.2) is 27.1 Å². The molecule has 100 valence electrons. The van der Waals surface area contributed by atoms with Crippen LogP contribution in [0.15, 0.2) is 29.2 Å². The minimum absolute atomic E-state index is 0.225. The third-order valence-corrected chi connectivity index (χ3v) is 3.90. The molecule has 5 nitrogen and oxygen atoms in total. The third-order valence-electron chi connectivity index (χ3n) is 2.23. The Morgan fingerprint density at radius 2 is 1.89 bits per heavy atom.